The summed E-state index contributed by atoms with van der Waals surface area (Å²) in [6, 6.07) is 0. The highest BCUT2D eigenvalue weighted by molar-refractivity contribution is 7.10. The van der Waals surface area contributed by atoms with Crippen LogP contribution in [0.2, 0.25) is 0 Å². The van der Waals surface area contributed by atoms with Crippen LogP contribution in [0.5, 0.6) is 0 Å². The van der Waals surface area contributed by atoms with Gasteiger partial charge in [-0.15, -0.1) is 0 Å². The molecule has 0 unspecified atom stereocenters. The van der Waals surface area contributed by atoms with Crippen LogP contribution < -0.4 is 5.32 Å². The van der Waals surface area contributed by atoms with Gasteiger partial charge in [0.2, 0.25) is 5.13 Å². The molecule has 0 fully saturated rings. The molecule has 0 spiro atoms. The van der Waals surface area contributed by atoms with Crippen molar-refractivity contribution in [3.05, 3.63) is 12.4 Å². The molecule has 0 atom stereocenters. The second-order valence-corrected chi connectivity index (χ2v) is 5.70. The molecule has 2 heterocycles. The summed E-state index contributed by atoms with van der Waals surface area (Å²) in [7, 11) is 1.82. The maximum absolute atomic E-state index is 11.6. The average molecular weight is 281 g/mol. The van der Waals surface area contributed by atoms with Crippen LogP contribution in [-0.2, 0) is 11.8 Å². The zero-order chi connectivity index (χ0) is 14.0. The van der Waals surface area contributed by atoms with Gasteiger partial charge in [-0.1, -0.05) is 0 Å². The van der Waals surface area contributed by atoms with E-state index in [2.05, 4.69) is 19.8 Å². The first-order valence-corrected chi connectivity index (χ1v) is 6.43. The van der Waals surface area contributed by atoms with Crippen LogP contribution in [0.25, 0.3) is 11.4 Å². The lowest BCUT2D eigenvalue weighted by Crippen LogP contribution is -2.27. The molecule has 1 N–H and O–H groups in total. The Kier molecular flexibility index (Phi) is 3.52. The lowest BCUT2D eigenvalue weighted by molar-refractivity contribution is 0.0636. The number of rotatable bonds is 2. The minimum Gasteiger partial charge on any atom is -0.444 e. The van der Waals surface area contributed by atoms with Crippen molar-refractivity contribution >= 4 is 22.8 Å². The average Bonchev–Trinajstić information content (AvgIpc) is 2.83. The first kappa shape index (κ1) is 13.5. The number of hydrogen-bond donors (Lipinski definition) is 1. The Labute approximate surface area is 114 Å². The molecule has 0 aliphatic carbocycles. The van der Waals surface area contributed by atoms with Gasteiger partial charge < -0.3 is 4.74 Å². The predicted octanol–water partition coefficient (Wildman–Crippen LogP) is 2.29. The Balaban J connectivity index is 2.04. The molecule has 8 heteroatoms. The topological polar surface area (TPSA) is 81.9 Å². The van der Waals surface area contributed by atoms with Crippen molar-refractivity contribution in [1.29, 1.82) is 0 Å². The molecule has 0 aromatic carbocycles. The highest BCUT2D eigenvalue weighted by Gasteiger charge is 2.18. The quantitative estimate of drug-likeness (QED) is 0.913. The van der Waals surface area contributed by atoms with Gasteiger partial charge >= 0.3 is 6.09 Å². The number of nitrogens with zero attached hydrogens (tertiary/aromatic N) is 4. The molecule has 1 amide bonds. The third-order valence-electron chi connectivity index (χ3n) is 2.00. The Morgan fingerprint density at radius 1 is 1.47 bits per heavy atom. The summed E-state index contributed by atoms with van der Waals surface area (Å²) in [5.41, 5.74) is 0.261. The van der Waals surface area contributed by atoms with Gasteiger partial charge in [0.15, 0.2) is 5.82 Å². The number of amides is 1. The van der Waals surface area contributed by atoms with Gasteiger partial charge in [-0.3, -0.25) is 10.00 Å². The molecule has 2 rings (SSSR count). The van der Waals surface area contributed by atoms with Gasteiger partial charge in [-0.05, 0) is 20.8 Å². The van der Waals surface area contributed by atoms with Gasteiger partial charge in [0, 0.05) is 24.8 Å². The van der Waals surface area contributed by atoms with E-state index in [0.29, 0.717) is 11.0 Å². The van der Waals surface area contributed by atoms with Crippen LogP contribution in [0, 0.1) is 0 Å². The summed E-state index contributed by atoms with van der Waals surface area (Å²) < 4.78 is 11.0. The third-order valence-corrected chi connectivity index (χ3v) is 2.63. The highest BCUT2D eigenvalue weighted by atomic mass is 32.1. The summed E-state index contributed by atoms with van der Waals surface area (Å²) in [5, 5.41) is 6.99. The number of ether oxygens (including phenoxy) is 1. The number of carbonyl (C=O) groups is 1. The first-order chi connectivity index (χ1) is 8.83. The molecule has 0 radical (unpaired) electrons. The van der Waals surface area contributed by atoms with Crippen molar-refractivity contribution < 1.29 is 9.53 Å². The lowest BCUT2D eigenvalue weighted by atomic mass is 10.2. The van der Waals surface area contributed by atoms with Crippen LogP contribution >= 0.6 is 11.5 Å². The van der Waals surface area contributed by atoms with Crippen molar-refractivity contribution in [2.24, 2.45) is 7.05 Å². The third kappa shape index (κ3) is 3.75. The zero-order valence-corrected chi connectivity index (χ0v) is 12.0. The molecule has 19 heavy (non-hydrogen) atoms. The van der Waals surface area contributed by atoms with Crippen molar-refractivity contribution in [2.45, 2.75) is 26.4 Å². The maximum Gasteiger partial charge on any atom is 0.414 e. The second kappa shape index (κ2) is 4.96. The van der Waals surface area contributed by atoms with Crippen molar-refractivity contribution in [3.63, 3.8) is 0 Å². The van der Waals surface area contributed by atoms with E-state index in [0.717, 1.165) is 17.1 Å². The monoisotopic (exact) mass is 281 g/mol. The van der Waals surface area contributed by atoms with Crippen molar-refractivity contribution in [2.75, 3.05) is 5.32 Å². The molecule has 2 aromatic heterocycles. The molecule has 0 saturated heterocycles. The Bertz CT molecular complexity index is 584. The SMILES string of the molecule is Cn1cc(-c2nsc(NC(=O)OC(C)(C)C)n2)cn1. The molecule has 0 bridgehead atoms. The Hall–Kier alpha value is -1.96. The van der Waals surface area contributed by atoms with E-state index in [9.17, 15) is 4.79 Å². The normalized spacial score (nSPS) is 11.4. The van der Waals surface area contributed by atoms with Crippen LogP contribution in [0.4, 0.5) is 9.93 Å². The predicted molar refractivity (Wildman–Crippen MR) is 72.0 cm³/mol. The van der Waals surface area contributed by atoms with E-state index in [1.165, 1.54) is 0 Å². The van der Waals surface area contributed by atoms with Gasteiger partial charge in [-0.25, -0.2) is 4.79 Å². The summed E-state index contributed by atoms with van der Waals surface area (Å²) in [4.78, 5) is 15.8. The maximum atomic E-state index is 11.6. The van der Waals surface area contributed by atoms with Crippen LogP contribution in [0.3, 0.4) is 0 Å². The molecule has 7 nitrogen and oxygen atoms in total. The molecule has 0 aliphatic heterocycles. The molecular weight excluding hydrogens is 266 g/mol. The smallest absolute Gasteiger partial charge is 0.414 e. The summed E-state index contributed by atoms with van der Waals surface area (Å²) in [5.74, 6) is 0.532. The van der Waals surface area contributed by atoms with E-state index >= 15 is 0 Å². The summed E-state index contributed by atoms with van der Waals surface area (Å²) >= 11 is 1.10. The molecule has 0 aliphatic rings. The Morgan fingerprint density at radius 2 is 2.21 bits per heavy atom. The molecule has 2 aromatic rings. The number of nitrogens with one attached hydrogen (secondary N) is 1. The van der Waals surface area contributed by atoms with Gasteiger partial charge in [0.25, 0.3) is 0 Å². The minimum absolute atomic E-state index is 0.396. The second-order valence-electron chi connectivity index (χ2n) is 4.95. The number of anilines is 1. The largest absolute Gasteiger partial charge is 0.444 e. The highest BCUT2D eigenvalue weighted by Crippen LogP contribution is 2.20. The molecule has 0 saturated carbocycles. The van der Waals surface area contributed by atoms with Crippen LogP contribution in [-0.4, -0.2) is 30.8 Å². The summed E-state index contributed by atoms with van der Waals surface area (Å²) in [6.07, 6.45) is 2.93. The summed E-state index contributed by atoms with van der Waals surface area (Å²) in [6.45, 7) is 5.40. The number of aromatic nitrogens is 4. The fraction of sp³-hybridized carbons (Fsp3) is 0.455. The van der Waals surface area contributed by atoms with Gasteiger partial charge in [-0.2, -0.15) is 14.5 Å². The van der Waals surface area contributed by atoms with Crippen molar-refractivity contribution in [3.8, 4) is 11.4 Å². The Morgan fingerprint density at radius 3 is 2.79 bits per heavy atom. The van der Waals surface area contributed by atoms with E-state index in [4.69, 9.17) is 4.74 Å². The van der Waals surface area contributed by atoms with Gasteiger partial charge in [0.1, 0.15) is 5.60 Å². The lowest BCUT2D eigenvalue weighted by Gasteiger charge is -2.18. The van der Waals surface area contributed by atoms with Gasteiger partial charge in [0.05, 0.1) is 11.8 Å². The van der Waals surface area contributed by atoms with Crippen molar-refractivity contribution in [1.82, 2.24) is 19.1 Å². The van der Waals surface area contributed by atoms with Crippen LogP contribution in [0.1, 0.15) is 20.8 Å². The zero-order valence-electron chi connectivity index (χ0n) is 11.2. The standard InChI is InChI=1S/C11H15N5O2S/c1-11(2,3)18-10(17)14-9-13-8(15-19-9)7-5-12-16(4)6-7/h5-6H,1-4H3,(H,13,14,15,17). The number of aryl methyl sites for hydroxylation is 1. The minimum atomic E-state index is -0.541. The van der Waals surface area contributed by atoms with E-state index in [1.54, 1.807) is 37.8 Å². The number of hydrogen-bond acceptors (Lipinski definition) is 6. The molecule has 102 valence electrons. The van der Waals surface area contributed by atoms with E-state index in [-0.39, 0.29) is 0 Å². The van der Waals surface area contributed by atoms with Crippen LogP contribution in [0.15, 0.2) is 12.4 Å². The fourth-order valence-corrected chi connectivity index (χ4v) is 1.89. The van der Waals surface area contributed by atoms with E-state index < -0.39 is 11.7 Å². The first-order valence-electron chi connectivity index (χ1n) is 5.66. The fourth-order valence-electron chi connectivity index (χ4n) is 1.32. The van der Waals surface area contributed by atoms with E-state index in [1.807, 2.05) is 7.05 Å². The molecular formula is C11H15N5O2S. The number of carbonyl (C=O) groups excluding carboxylic acids is 1.